The van der Waals surface area contributed by atoms with Crippen LogP contribution >= 0.6 is 0 Å². The van der Waals surface area contributed by atoms with E-state index in [1.165, 1.54) is 16.7 Å². The SMILES string of the molecule is Cc1ccc(C[C@@H](N)CN)c(C)c1. The molecule has 0 aliphatic heterocycles. The van der Waals surface area contributed by atoms with Gasteiger partial charge in [0.15, 0.2) is 0 Å². The maximum atomic E-state index is 5.79. The van der Waals surface area contributed by atoms with Gasteiger partial charge >= 0.3 is 0 Å². The Morgan fingerprint density at radius 1 is 1.31 bits per heavy atom. The smallest absolute Gasteiger partial charge is 0.0204 e. The lowest BCUT2D eigenvalue weighted by molar-refractivity contribution is 0.676. The number of rotatable bonds is 3. The van der Waals surface area contributed by atoms with Crippen LogP contribution in [0.5, 0.6) is 0 Å². The highest BCUT2D eigenvalue weighted by molar-refractivity contribution is 5.30. The zero-order valence-electron chi connectivity index (χ0n) is 8.38. The molecule has 0 heterocycles. The average molecular weight is 178 g/mol. The van der Waals surface area contributed by atoms with Crippen LogP contribution in [0.2, 0.25) is 0 Å². The van der Waals surface area contributed by atoms with Gasteiger partial charge in [-0.2, -0.15) is 0 Å². The van der Waals surface area contributed by atoms with E-state index in [0.29, 0.717) is 6.54 Å². The van der Waals surface area contributed by atoms with Gasteiger partial charge in [-0.25, -0.2) is 0 Å². The third kappa shape index (κ3) is 2.83. The summed E-state index contributed by atoms with van der Waals surface area (Å²) in [7, 11) is 0. The Bertz CT molecular complexity index is 281. The molecule has 0 spiro atoms. The van der Waals surface area contributed by atoms with Gasteiger partial charge in [-0.1, -0.05) is 23.8 Å². The number of hydrogen-bond donors (Lipinski definition) is 2. The van der Waals surface area contributed by atoms with E-state index in [-0.39, 0.29) is 6.04 Å². The van der Waals surface area contributed by atoms with Crippen molar-refractivity contribution < 1.29 is 0 Å². The Balaban J connectivity index is 2.77. The van der Waals surface area contributed by atoms with Crippen LogP contribution in [0.25, 0.3) is 0 Å². The van der Waals surface area contributed by atoms with Crippen molar-refractivity contribution in [1.29, 1.82) is 0 Å². The van der Waals surface area contributed by atoms with E-state index < -0.39 is 0 Å². The topological polar surface area (TPSA) is 52.0 Å². The summed E-state index contributed by atoms with van der Waals surface area (Å²) in [5.41, 5.74) is 15.2. The predicted molar refractivity (Wildman–Crippen MR) is 56.6 cm³/mol. The van der Waals surface area contributed by atoms with Crippen molar-refractivity contribution in [2.75, 3.05) is 6.54 Å². The minimum absolute atomic E-state index is 0.0846. The normalized spacial score (nSPS) is 12.9. The molecule has 0 saturated heterocycles. The maximum Gasteiger partial charge on any atom is 0.0204 e. The lowest BCUT2D eigenvalue weighted by Gasteiger charge is -2.11. The van der Waals surface area contributed by atoms with Crippen LogP contribution in [0.3, 0.4) is 0 Å². The van der Waals surface area contributed by atoms with Crippen molar-refractivity contribution in [3.8, 4) is 0 Å². The Morgan fingerprint density at radius 2 is 2.00 bits per heavy atom. The minimum Gasteiger partial charge on any atom is -0.329 e. The molecule has 0 unspecified atom stereocenters. The second-order valence-electron chi connectivity index (χ2n) is 3.63. The molecular weight excluding hydrogens is 160 g/mol. The van der Waals surface area contributed by atoms with Gasteiger partial charge in [-0.15, -0.1) is 0 Å². The van der Waals surface area contributed by atoms with Crippen LogP contribution in [-0.4, -0.2) is 12.6 Å². The van der Waals surface area contributed by atoms with E-state index in [0.717, 1.165) is 6.42 Å². The summed E-state index contributed by atoms with van der Waals surface area (Å²) in [5, 5.41) is 0. The van der Waals surface area contributed by atoms with Crippen LogP contribution in [0, 0.1) is 13.8 Å². The van der Waals surface area contributed by atoms with Gasteiger partial charge in [0.25, 0.3) is 0 Å². The van der Waals surface area contributed by atoms with Crippen molar-refractivity contribution in [2.24, 2.45) is 11.5 Å². The molecule has 0 aromatic heterocycles. The van der Waals surface area contributed by atoms with E-state index in [1.54, 1.807) is 0 Å². The lowest BCUT2D eigenvalue weighted by Crippen LogP contribution is -2.31. The van der Waals surface area contributed by atoms with Crippen molar-refractivity contribution >= 4 is 0 Å². The summed E-state index contributed by atoms with van der Waals surface area (Å²) < 4.78 is 0. The second kappa shape index (κ2) is 4.40. The summed E-state index contributed by atoms with van der Waals surface area (Å²) in [6.45, 7) is 4.76. The second-order valence-corrected chi connectivity index (χ2v) is 3.63. The summed E-state index contributed by atoms with van der Waals surface area (Å²) in [5.74, 6) is 0. The van der Waals surface area contributed by atoms with Crippen LogP contribution in [-0.2, 0) is 6.42 Å². The number of aryl methyl sites for hydroxylation is 2. The van der Waals surface area contributed by atoms with E-state index in [2.05, 4.69) is 32.0 Å². The van der Waals surface area contributed by atoms with Crippen molar-refractivity contribution in [3.05, 3.63) is 34.9 Å². The zero-order chi connectivity index (χ0) is 9.84. The van der Waals surface area contributed by atoms with Crippen LogP contribution < -0.4 is 11.5 Å². The van der Waals surface area contributed by atoms with E-state index in [4.69, 9.17) is 11.5 Å². The van der Waals surface area contributed by atoms with Gasteiger partial charge in [0.05, 0.1) is 0 Å². The first-order valence-electron chi connectivity index (χ1n) is 4.65. The minimum atomic E-state index is 0.0846. The van der Waals surface area contributed by atoms with E-state index in [1.807, 2.05) is 0 Å². The molecule has 1 aromatic rings. The van der Waals surface area contributed by atoms with Gasteiger partial charge in [-0.3, -0.25) is 0 Å². The first-order valence-corrected chi connectivity index (χ1v) is 4.65. The molecule has 13 heavy (non-hydrogen) atoms. The summed E-state index contributed by atoms with van der Waals surface area (Å²) in [6.07, 6.45) is 0.878. The van der Waals surface area contributed by atoms with Crippen molar-refractivity contribution in [1.82, 2.24) is 0 Å². The molecule has 1 rings (SSSR count). The molecule has 4 N–H and O–H groups in total. The summed E-state index contributed by atoms with van der Waals surface area (Å²) >= 11 is 0. The molecule has 1 atom stereocenters. The van der Waals surface area contributed by atoms with Crippen molar-refractivity contribution in [3.63, 3.8) is 0 Å². The molecule has 0 bridgehead atoms. The number of nitrogens with two attached hydrogens (primary N) is 2. The molecular formula is C11H18N2. The van der Waals surface area contributed by atoms with Crippen LogP contribution in [0.15, 0.2) is 18.2 Å². The molecule has 0 fully saturated rings. The summed E-state index contributed by atoms with van der Waals surface area (Å²) in [6, 6.07) is 6.52. The third-order valence-electron chi connectivity index (χ3n) is 2.28. The van der Waals surface area contributed by atoms with Crippen LogP contribution in [0.1, 0.15) is 16.7 Å². The fourth-order valence-electron chi connectivity index (χ4n) is 1.44. The standard InChI is InChI=1S/C11H18N2/c1-8-3-4-10(9(2)5-8)6-11(13)7-12/h3-5,11H,6-7,12-13H2,1-2H3/t11-/m1/s1. The van der Waals surface area contributed by atoms with E-state index >= 15 is 0 Å². The van der Waals surface area contributed by atoms with Gasteiger partial charge in [0, 0.05) is 12.6 Å². The quantitative estimate of drug-likeness (QED) is 0.729. The van der Waals surface area contributed by atoms with Gasteiger partial charge in [-0.05, 0) is 31.4 Å². The molecule has 2 heteroatoms. The molecule has 0 amide bonds. The van der Waals surface area contributed by atoms with Crippen molar-refractivity contribution in [2.45, 2.75) is 26.3 Å². The molecule has 0 radical (unpaired) electrons. The first-order chi connectivity index (χ1) is 6.13. The summed E-state index contributed by atoms with van der Waals surface area (Å²) in [4.78, 5) is 0. The Morgan fingerprint density at radius 3 is 2.54 bits per heavy atom. The lowest BCUT2D eigenvalue weighted by atomic mass is 10.00. The number of hydrogen-bond acceptors (Lipinski definition) is 2. The fraction of sp³-hybridized carbons (Fsp3) is 0.455. The molecule has 1 aromatic carbocycles. The fourth-order valence-corrected chi connectivity index (χ4v) is 1.44. The largest absolute Gasteiger partial charge is 0.329 e. The van der Waals surface area contributed by atoms with E-state index in [9.17, 15) is 0 Å². The van der Waals surface area contributed by atoms with Gasteiger partial charge in [0.2, 0.25) is 0 Å². The highest BCUT2D eigenvalue weighted by Gasteiger charge is 2.03. The molecule has 0 saturated carbocycles. The average Bonchev–Trinajstić information content (AvgIpc) is 2.09. The molecule has 0 aliphatic carbocycles. The maximum absolute atomic E-state index is 5.79. The highest BCUT2D eigenvalue weighted by atomic mass is 14.7. The Labute approximate surface area is 79.9 Å². The molecule has 2 nitrogen and oxygen atoms in total. The van der Waals surface area contributed by atoms with Crippen LogP contribution in [0.4, 0.5) is 0 Å². The molecule has 0 aliphatic rings. The number of benzene rings is 1. The Hall–Kier alpha value is -0.860. The molecule has 72 valence electrons. The Kier molecular flexibility index (Phi) is 3.46. The zero-order valence-corrected chi connectivity index (χ0v) is 8.38. The third-order valence-corrected chi connectivity index (χ3v) is 2.28. The monoisotopic (exact) mass is 178 g/mol. The van der Waals surface area contributed by atoms with Gasteiger partial charge < -0.3 is 11.5 Å². The van der Waals surface area contributed by atoms with Gasteiger partial charge in [0.1, 0.15) is 0 Å². The predicted octanol–water partition coefficient (Wildman–Crippen LogP) is 1.13. The highest BCUT2D eigenvalue weighted by Crippen LogP contribution is 2.11. The first kappa shape index (κ1) is 10.2.